The number of rotatable bonds is 5. The van der Waals surface area contributed by atoms with Gasteiger partial charge in [0.2, 0.25) is 0 Å². The van der Waals surface area contributed by atoms with E-state index >= 15 is 0 Å². The summed E-state index contributed by atoms with van der Waals surface area (Å²) in [5.41, 5.74) is 2.33. The second kappa shape index (κ2) is 6.04. The molecule has 0 amide bonds. The minimum absolute atomic E-state index is 0.122. The Morgan fingerprint density at radius 1 is 1.35 bits per heavy atom. The van der Waals surface area contributed by atoms with E-state index in [9.17, 15) is 0 Å². The Bertz CT molecular complexity index is 461. The molecule has 114 valence electrons. The summed E-state index contributed by atoms with van der Waals surface area (Å²) in [5, 5.41) is 8.68. The molecule has 0 aliphatic carbocycles. The molecule has 0 spiro atoms. The van der Waals surface area contributed by atoms with Gasteiger partial charge in [-0.05, 0) is 60.2 Å². The summed E-state index contributed by atoms with van der Waals surface area (Å²) in [5.74, 6) is 0. The summed E-state index contributed by atoms with van der Waals surface area (Å²) >= 11 is 6.38. The maximum atomic E-state index is 6.38. The lowest BCUT2D eigenvalue weighted by atomic mass is 9.88. The fourth-order valence-electron chi connectivity index (χ4n) is 3.33. The van der Waals surface area contributed by atoms with Crippen LogP contribution in [-0.4, -0.2) is 46.4 Å². The molecule has 0 aromatic carbocycles. The van der Waals surface area contributed by atoms with E-state index in [0.717, 1.165) is 17.3 Å². The van der Waals surface area contributed by atoms with Crippen LogP contribution in [0.2, 0.25) is 5.15 Å². The minimum atomic E-state index is 0.122. The fourth-order valence-corrected chi connectivity index (χ4v) is 3.58. The van der Waals surface area contributed by atoms with Crippen molar-refractivity contribution in [1.82, 2.24) is 20.0 Å². The molecule has 0 radical (unpaired) electrons. The number of nitrogens with zero attached hydrogens (tertiary/aromatic N) is 3. The molecule has 4 nitrogen and oxygen atoms in total. The minimum Gasteiger partial charge on any atom is -0.315 e. The van der Waals surface area contributed by atoms with Gasteiger partial charge in [0.25, 0.3) is 0 Å². The van der Waals surface area contributed by atoms with Crippen molar-refractivity contribution in [3.63, 3.8) is 0 Å². The molecule has 0 bridgehead atoms. The van der Waals surface area contributed by atoms with Crippen LogP contribution in [0.25, 0.3) is 0 Å². The Hall–Kier alpha value is -0.580. The number of aromatic nitrogens is 2. The van der Waals surface area contributed by atoms with Crippen LogP contribution < -0.4 is 5.32 Å². The van der Waals surface area contributed by atoms with Crippen LogP contribution in [0, 0.1) is 6.92 Å². The molecule has 1 aromatic heterocycles. The van der Waals surface area contributed by atoms with E-state index in [1.807, 2.05) is 21.0 Å². The van der Waals surface area contributed by atoms with E-state index in [-0.39, 0.29) is 5.54 Å². The summed E-state index contributed by atoms with van der Waals surface area (Å²) in [7, 11) is 3.95. The Morgan fingerprint density at radius 2 is 1.95 bits per heavy atom. The van der Waals surface area contributed by atoms with E-state index in [0.29, 0.717) is 6.04 Å². The number of aryl methyl sites for hydroxylation is 2. The number of likely N-dealkylation sites (N-methyl/N-ethyl adjacent to an activating group) is 1. The Morgan fingerprint density at radius 3 is 2.40 bits per heavy atom. The number of likely N-dealkylation sites (tertiary alicyclic amines) is 1. The number of hydrogen-bond acceptors (Lipinski definition) is 3. The Kier molecular flexibility index (Phi) is 4.77. The lowest BCUT2D eigenvalue weighted by molar-refractivity contribution is 0.110. The van der Waals surface area contributed by atoms with Crippen LogP contribution in [-0.2, 0) is 13.5 Å². The smallest absolute Gasteiger partial charge is 0.130 e. The van der Waals surface area contributed by atoms with Gasteiger partial charge in [-0.2, -0.15) is 5.10 Å². The molecular formula is C15H27ClN4. The van der Waals surface area contributed by atoms with Gasteiger partial charge in [-0.1, -0.05) is 11.6 Å². The first-order chi connectivity index (χ1) is 9.37. The van der Waals surface area contributed by atoms with Crippen molar-refractivity contribution in [3.05, 3.63) is 16.4 Å². The SMILES string of the molecule is CNC(Cc1c(C)nn(C)c1Cl)C(C)(C)N1CCCC1. The Labute approximate surface area is 127 Å². The Balaban J connectivity index is 2.19. The van der Waals surface area contributed by atoms with Gasteiger partial charge in [0.05, 0.1) is 5.69 Å². The molecule has 2 rings (SSSR count). The van der Waals surface area contributed by atoms with Crippen molar-refractivity contribution >= 4 is 11.6 Å². The van der Waals surface area contributed by atoms with Crippen molar-refractivity contribution in [3.8, 4) is 0 Å². The van der Waals surface area contributed by atoms with E-state index in [4.69, 9.17) is 11.6 Å². The van der Waals surface area contributed by atoms with Crippen LogP contribution in [0.5, 0.6) is 0 Å². The van der Waals surface area contributed by atoms with E-state index in [2.05, 4.69) is 29.2 Å². The molecule has 1 aromatic rings. The monoisotopic (exact) mass is 298 g/mol. The summed E-state index contributed by atoms with van der Waals surface area (Å²) < 4.78 is 1.77. The highest BCUT2D eigenvalue weighted by Crippen LogP contribution is 2.28. The quantitative estimate of drug-likeness (QED) is 0.906. The number of halogens is 1. The van der Waals surface area contributed by atoms with Gasteiger partial charge in [-0.25, -0.2) is 0 Å². The lowest BCUT2D eigenvalue weighted by Crippen LogP contribution is -2.57. The van der Waals surface area contributed by atoms with Crippen LogP contribution in [0.4, 0.5) is 0 Å². The third-order valence-electron chi connectivity index (χ3n) is 4.80. The van der Waals surface area contributed by atoms with Gasteiger partial charge >= 0.3 is 0 Å². The molecule has 1 atom stereocenters. The second-order valence-corrected chi connectivity index (χ2v) is 6.73. The standard InChI is InChI=1S/C15H27ClN4/c1-11-12(14(16)19(5)18-11)10-13(17-4)15(2,3)20-8-6-7-9-20/h13,17H,6-10H2,1-5H3. The zero-order chi connectivity index (χ0) is 14.9. The van der Waals surface area contributed by atoms with Gasteiger partial charge in [-0.15, -0.1) is 0 Å². The van der Waals surface area contributed by atoms with Gasteiger partial charge < -0.3 is 5.32 Å². The van der Waals surface area contributed by atoms with Crippen molar-refractivity contribution in [2.24, 2.45) is 7.05 Å². The molecule has 1 aliphatic rings. The van der Waals surface area contributed by atoms with Gasteiger partial charge in [0.15, 0.2) is 0 Å². The highest BCUT2D eigenvalue weighted by Gasteiger charge is 2.36. The predicted octanol–water partition coefficient (Wildman–Crippen LogP) is 2.39. The molecule has 1 aliphatic heterocycles. The first-order valence-corrected chi connectivity index (χ1v) is 7.86. The van der Waals surface area contributed by atoms with Crippen molar-refractivity contribution < 1.29 is 0 Å². The average molecular weight is 299 g/mol. The molecule has 1 fully saturated rings. The maximum absolute atomic E-state index is 6.38. The van der Waals surface area contributed by atoms with Gasteiger partial charge in [-0.3, -0.25) is 9.58 Å². The number of nitrogens with one attached hydrogen (secondary N) is 1. The topological polar surface area (TPSA) is 33.1 Å². The van der Waals surface area contributed by atoms with E-state index in [1.165, 1.54) is 31.5 Å². The van der Waals surface area contributed by atoms with Crippen LogP contribution >= 0.6 is 11.6 Å². The predicted molar refractivity (Wildman–Crippen MR) is 84.4 cm³/mol. The van der Waals surface area contributed by atoms with E-state index < -0.39 is 0 Å². The summed E-state index contributed by atoms with van der Waals surface area (Å²) in [4.78, 5) is 2.59. The van der Waals surface area contributed by atoms with Crippen molar-refractivity contribution in [2.75, 3.05) is 20.1 Å². The van der Waals surface area contributed by atoms with Crippen LogP contribution in [0.15, 0.2) is 0 Å². The molecule has 5 heteroatoms. The number of hydrogen-bond donors (Lipinski definition) is 1. The van der Waals surface area contributed by atoms with E-state index in [1.54, 1.807) is 4.68 Å². The molecule has 1 N–H and O–H groups in total. The highest BCUT2D eigenvalue weighted by atomic mass is 35.5. The maximum Gasteiger partial charge on any atom is 0.130 e. The second-order valence-electron chi connectivity index (χ2n) is 6.37. The summed E-state index contributed by atoms with van der Waals surface area (Å²) in [6.45, 7) is 9.10. The normalized spacial score (nSPS) is 18.7. The molecule has 1 saturated heterocycles. The first-order valence-electron chi connectivity index (χ1n) is 7.48. The largest absolute Gasteiger partial charge is 0.315 e. The van der Waals surface area contributed by atoms with Crippen LogP contribution in [0.3, 0.4) is 0 Å². The molecule has 20 heavy (non-hydrogen) atoms. The summed E-state index contributed by atoms with van der Waals surface area (Å²) in [6, 6.07) is 0.362. The van der Waals surface area contributed by atoms with Gasteiger partial charge in [0.1, 0.15) is 5.15 Å². The fraction of sp³-hybridized carbons (Fsp3) is 0.800. The molecule has 0 saturated carbocycles. The third-order valence-corrected chi connectivity index (χ3v) is 5.27. The van der Waals surface area contributed by atoms with Crippen LogP contribution in [0.1, 0.15) is 37.9 Å². The van der Waals surface area contributed by atoms with Crippen molar-refractivity contribution in [1.29, 1.82) is 0 Å². The zero-order valence-corrected chi connectivity index (χ0v) is 14.1. The average Bonchev–Trinajstić information content (AvgIpc) is 2.99. The van der Waals surface area contributed by atoms with Gasteiger partial charge in [0, 0.05) is 24.2 Å². The molecular weight excluding hydrogens is 272 g/mol. The molecule has 1 unspecified atom stereocenters. The highest BCUT2D eigenvalue weighted by molar-refractivity contribution is 6.30. The summed E-state index contributed by atoms with van der Waals surface area (Å²) in [6.07, 6.45) is 3.54. The first kappa shape index (κ1) is 15.8. The molecule has 2 heterocycles. The third kappa shape index (κ3) is 2.87. The zero-order valence-electron chi connectivity index (χ0n) is 13.3. The lowest BCUT2D eigenvalue weighted by Gasteiger charge is -2.42. The van der Waals surface area contributed by atoms with Crippen molar-refractivity contribution in [2.45, 2.75) is 51.6 Å².